The van der Waals surface area contributed by atoms with Crippen LogP contribution in [0.4, 0.5) is 10.1 Å². The Bertz CT molecular complexity index is 899. The fourth-order valence-electron chi connectivity index (χ4n) is 2.57. The molecule has 0 saturated carbocycles. The van der Waals surface area contributed by atoms with Crippen LogP contribution in [0.1, 0.15) is 15.9 Å². The minimum absolute atomic E-state index is 0.0459. The lowest BCUT2D eigenvalue weighted by Crippen LogP contribution is -2.18. The molecule has 1 amide bonds. The van der Waals surface area contributed by atoms with Crippen LogP contribution in [0.5, 0.6) is 0 Å². The highest BCUT2D eigenvalue weighted by atomic mass is 19.1. The molecule has 23 heavy (non-hydrogen) atoms. The molecule has 116 valence electrons. The molecule has 0 aliphatic carbocycles. The van der Waals surface area contributed by atoms with Crippen LogP contribution in [-0.4, -0.2) is 16.8 Å². The summed E-state index contributed by atoms with van der Waals surface area (Å²) < 4.78 is 15.0. The number of nitrogens with zero attached hydrogens (tertiary/aromatic N) is 1. The largest absolute Gasteiger partial charge is 0.337 e. The smallest absolute Gasteiger partial charge is 0.244 e. The Hall–Kier alpha value is -2.95. The molecule has 0 aliphatic heterocycles. The first-order chi connectivity index (χ1) is 11.1. The first kappa shape index (κ1) is 15.0. The Labute approximate surface area is 132 Å². The van der Waals surface area contributed by atoms with Crippen molar-refractivity contribution < 1.29 is 14.0 Å². The van der Waals surface area contributed by atoms with Gasteiger partial charge in [-0.05, 0) is 30.7 Å². The number of carbonyl (C=O) groups is 2. The Morgan fingerprint density at radius 1 is 1.26 bits per heavy atom. The van der Waals surface area contributed by atoms with E-state index in [9.17, 15) is 14.0 Å². The zero-order chi connectivity index (χ0) is 16.4. The lowest BCUT2D eigenvalue weighted by molar-refractivity contribution is -0.116. The molecule has 0 radical (unpaired) electrons. The third kappa shape index (κ3) is 2.99. The van der Waals surface area contributed by atoms with Crippen LogP contribution in [-0.2, 0) is 11.3 Å². The Morgan fingerprint density at radius 3 is 2.83 bits per heavy atom. The van der Waals surface area contributed by atoms with E-state index in [1.807, 2.05) is 24.3 Å². The SMILES string of the molecule is Cc1ccc(F)cc1NC(=O)Cn1cc(C=O)c2ccccc21. The number of hydrogen-bond acceptors (Lipinski definition) is 2. The lowest BCUT2D eigenvalue weighted by Gasteiger charge is -2.10. The minimum Gasteiger partial charge on any atom is -0.337 e. The molecule has 1 N–H and O–H groups in total. The summed E-state index contributed by atoms with van der Waals surface area (Å²) in [5.74, 6) is -0.683. The van der Waals surface area contributed by atoms with Crippen molar-refractivity contribution in [2.24, 2.45) is 0 Å². The molecule has 1 aromatic heterocycles. The number of amides is 1. The van der Waals surface area contributed by atoms with Crippen molar-refractivity contribution in [3.05, 3.63) is 65.6 Å². The zero-order valence-electron chi connectivity index (χ0n) is 12.5. The highest BCUT2D eigenvalue weighted by Crippen LogP contribution is 2.20. The highest BCUT2D eigenvalue weighted by molar-refractivity contribution is 5.99. The molecule has 4 nitrogen and oxygen atoms in total. The molecule has 0 aliphatic rings. The van der Waals surface area contributed by atoms with Gasteiger partial charge in [-0.25, -0.2) is 4.39 Å². The van der Waals surface area contributed by atoms with Gasteiger partial charge in [0, 0.05) is 28.4 Å². The predicted octanol–water partition coefficient (Wildman–Crippen LogP) is 3.54. The van der Waals surface area contributed by atoms with Gasteiger partial charge in [0.05, 0.1) is 0 Å². The summed E-state index contributed by atoms with van der Waals surface area (Å²) in [5, 5.41) is 3.51. The fraction of sp³-hybridized carbons (Fsp3) is 0.111. The second kappa shape index (κ2) is 6.04. The Morgan fingerprint density at radius 2 is 2.04 bits per heavy atom. The van der Waals surface area contributed by atoms with Crippen molar-refractivity contribution in [2.45, 2.75) is 13.5 Å². The van der Waals surface area contributed by atoms with Crippen molar-refractivity contribution in [3.63, 3.8) is 0 Å². The zero-order valence-corrected chi connectivity index (χ0v) is 12.5. The summed E-state index contributed by atoms with van der Waals surface area (Å²) >= 11 is 0. The molecule has 5 heteroatoms. The summed E-state index contributed by atoms with van der Waals surface area (Å²) in [6.45, 7) is 1.84. The van der Waals surface area contributed by atoms with E-state index < -0.39 is 5.82 Å². The van der Waals surface area contributed by atoms with E-state index in [4.69, 9.17) is 0 Å². The topological polar surface area (TPSA) is 51.1 Å². The van der Waals surface area contributed by atoms with Crippen LogP contribution in [0.25, 0.3) is 10.9 Å². The number of para-hydroxylation sites is 1. The average Bonchev–Trinajstić information content (AvgIpc) is 2.89. The van der Waals surface area contributed by atoms with E-state index in [1.165, 1.54) is 12.1 Å². The summed E-state index contributed by atoms with van der Waals surface area (Å²) in [5.41, 5.74) is 2.57. The van der Waals surface area contributed by atoms with Gasteiger partial charge >= 0.3 is 0 Å². The number of aldehydes is 1. The van der Waals surface area contributed by atoms with Crippen molar-refractivity contribution in [2.75, 3.05) is 5.32 Å². The molecule has 3 aromatic rings. The van der Waals surface area contributed by atoms with E-state index in [1.54, 1.807) is 23.8 Å². The lowest BCUT2D eigenvalue weighted by atomic mass is 10.2. The Kier molecular flexibility index (Phi) is 3.93. The maximum absolute atomic E-state index is 13.3. The number of rotatable bonds is 4. The van der Waals surface area contributed by atoms with Gasteiger partial charge in [0.1, 0.15) is 12.4 Å². The first-order valence-electron chi connectivity index (χ1n) is 7.17. The second-order valence-electron chi connectivity index (χ2n) is 5.35. The van der Waals surface area contributed by atoms with Crippen molar-refractivity contribution in [1.29, 1.82) is 0 Å². The number of aryl methyl sites for hydroxylation is 1. The Balaban J connectivity index is 1.86. The van der Waals surface area contributed by atoms with E-state index >= 15 is 0 Å². The normalized spacial score (nSPS) is 10.7. The molecule has 0 saturated heterocycles. The van der Waals surface area contributed by atoms with Crippen molar-refractivity contribution in [3.8, 4) is 0 Å². The second-order valence-corrected chi connectivity index (χ2v) is 5.35. The quantitative estimate of drug-likeness (QED) is 0.749. The molecule has 2 aromatic carbocycles. The molecular weight excluding hydrogens is 295 g/mol. The molecule has 0 atom stereocenters. The monoisotopic (exact) mass is 310 g/mol. The summed E-state index contributed by atoms with van der Waals surface area (Å²) in [7, 11) is 0. The summed E-state index contributed by atoms with van der Waals surface area (Å²) in [6, 6.07) is 11.6. The maximum atomic E-state index is 13.3. The van der Waals surface area contributed by atoms with Crippen LogP contribution in [0, 0.1) is 12.7 Å². The first-order valence-corrected chi connectivity index (χ1v) is 7.17. The van der Waals surface area contributed by atoms with Crippen LogP contribution in [0.3, 0.4) is 0 Å². The average molecular weight is 310 g/mol. The summed E-state index contributed by atoms with van der Waals surface area (Å²) in [4.78, 5) is 23.4. The molecule has 0 unspecified atom stereocenters. The number of nitrogens with one attached hydrogen (secondary N) is 1. The van der Waals surface area contributed by atoms with E-state index in [0.717, 1.165) is 22.8 Å². The van der Waals surface area contributed by atoms with Crippen molar-refractivity contribution in [1.82, 2.24) is 4.57 Å². The standard InChI is InChI=1S/C18H15FN2O2/c1-12-6-7-14(19)8-16(12)20-18(23)10-21-9-13(11-22)15-4-2-3-5-17(15)21/h2-9,11H,10H2,1H3,(H,20,23). The molecule has 0 bridgehead atoms. The number of anilines is 1. The molecule has 0 spiro atoms. The third-order valence-electron chi connectivity index (χ3n) is 3.73. The van der Waals surface area contributed by atoms with Gasteiger partial charge in [-0.3, -0.25) is 9.59 Å². The van der Waals surface area contributed by atoms with Crippen LogP contribution >= 0.6 is 0 Å². The van der Waals surface area contributed by atoms with Gasteiger partial charge < -0.3 is 9.88 Å². The predicted molar refractivity (Wildman–Crippen MR) is 87.1 cm³/mol. The van der Waals surface area contributed by atoms with Gasteiger partial charge in [-0.1, -0.05) is 24.3 Å². The third-order valence-corrected chi connectivity index (χ3v) is 3.73. The van der Waals surface area contributed by atoms with Crippen LogP contribution < -0.4 is 5.32 Å². The molecular formula is C18H15FN2O2. The molecule has 0 fully saturated rings. The number of hydrogen-bond donors (Lipinski definition) is 1. The molecule has 3 rings (SSSR count). The van der Waals surface area contributed by atoms with Gasteiger partial charge in [-0.15, -0.1) is 0 Å². The number of carbonyl (C=O) groups excluding carboxylic acids is 2. The van der Waals surface area contributed by atoms with Crippen LogP contribution in [0.2, 0.25) is 0 Å². The number of benzene rings is 2. The van der Waals surface area contributed by atoms with Gasteiger partial charge in [0.15, 0.2) is 6.29 Å². The van der Waals surface area contributed by atoms with Crippen LogP contribution in [0.15, 0.2) is 48.7 Å². The highest BCUT2D eigenvalue weighted by Gasteiger charge is 2.11. The maximum Gasteiger partial charge on any atom is 0.244 e. The van der Waals surface area contributed by atoms with E-state index in [-0.39, 0.29) is 12.5 Å². The number of halogens is 1. The number of aromatic nitrogens is 1. The fourth-order valence-corrected chi connectivity index (χ4v) is 2.57. The van der Waals surface area contributed by atoms with E-state index in [0.29, 0.717) is 11.3 Å². The van der Waals surface area contributed by atoms with E-state index in [2.05, 4.69) is 5.32 Å². The van der Waals surface area contributed by atoms with Crippen molar-refractivity contribution >= 4 is 28.8 Å². The summed E-state index contributed by atoms with van der Waals surface area (Å²) in [6.07, 6.45) is 2.42. The van der Waals surface area contributed by atoms with Gasteiger partial charge in [0.2, 0.25) is 5.91 Å². The molecule has 1 heterocycles. The number of fused-ring (bicyclic) bond motifs is 1. The minimum atomic E-state index is -0.402. The van der Waals surface area contributed by atoms with Gasteiger partial charge in [-0.2, -0.15) is 0 Å². The van der Waals surface area contributed by atoms with Gasteiger partial charge in [0.25, 0.3) is 0 Å².